The third-order valence-corrected chi connectivity index (χ3v) is 3.79. The topological polar surface area (TPSA) is 108 Å². The SMILES string of the molecule is O=C(NN=Cc1ccc(OC(=O)c2ccccc2F)cc1)c1ccc(O)cc1O. The normalized spacial score (nSPS) is 10.7. The van der Waals surface area contributed by atoms with Gasteiger partial charge in [-0.25, -0.2) is 14.6 Å². The minimum absolute atomic E-state index is 0.0460. The minimum atomic E-state index is -0.814. The first kappa shape index (κ1) is 19.6. The molecule has 0 fully saturated rings. The second kappa shape index (κ2) is 8.66. The lowest BCUT2D eigenvalue weighted by atomic mass is 10.2. The van der Waals surface area contributed by atoms with Crippen molar-refractivity contribution in [1.29, 1.82) is 0 Å². The van der Waals surface area contributed by atoms with E-state index in [1.54, 1.807) is 12.1 Å². The summed E-state index contributed by atoms with van der Waals surface area (Å²) >= 11 is 0. The molecule has 1 amide bonds. The highest BCUT2D eigenvalue weighted by Crippen LogP contribution is 2.22. The van der Waals surface area contributed by atoms with Crippen molar-refractivity contribution in [3.05, 3.63) is 89.2 Å². The Balaban J connectivity index is 1.59. The fourth-order valence-corrected chi connectivity index (χ4v) is 2.35. The molecule has 7 nitrogen and oxygen atoms in total. The molecule has 0 aliphatic rings. The minimum Gasteiger partial charge on any atom is -0.508 e. The molecule has 3 aromatic carbocycles. The third-order valence-electron chi connectivity index (χ3n) is 3.79. The number of ether oxygens (including phenoxy) is 1. The molecule has 0 saturated carbocycles. The van der Waals surface area contributed by atoms with Crippen LogP contribution in [0.3, 0.4) is 0 Å². The van der Waals surface area contributed by atoms with Crippen LogP contribution in [-0.4, -0.2) is 28.3 Å². The number of nitrogens with one attached hydrogen (secondary N) is 1. The monoisotopic (exact) mass is 394 g/mol. The van der Waals surface area contributed by atoms with Crippen LogP contribution in [0, 0.1) is 5.82 Å². The van der Waals surface area contributed by atoms with Gasteiger partial charge < -0.3 is 14.9 Å². The Morgan fingerprint density at radius 1 is 0.966 bits per heavy atom. The van der Waals surface area contributed by atoms with Crippen LogP contribution in [0.15, 0.2) is 71.8 Å². The molecule has 0 radical (unpaired) electrons. The summed E-state index contributed by atoms with van der Waals surface area (Å²) in [7, 11) is 0. The van der Waals surface area contributed by atoms with Crippen LogP contribution < -0.4 is 10.2 Å². The highest BCUT2D eigenvalue weighted by atomic mass is 19.1. The van der Waals surface area contributed by atoms with Crippen molar-refractivity contribution in [2.24, 2.45) is 5.10 Å². The van der Waals surface area contributed by atoms with Gasteiger partial charge in [0.25, 0.3) is 5.91 Å². The van der Waals surface area contributed by atoms with Crippen molar-refractivity contribution in [2.45, 2.75) is 0 Å². The van der Waals surface area contributed by atoms with Gasteiger partial charge in [0.1, 0.15) is 23.1 Å². The number of amides is 1. The number of phenols is 2. The van der Waals surface area contributed by atoms with E-state index in [1.165, 1.54) is 54.7 Å². The van der Waals surface area contributed by atoms with Crippen molar-refractivity contribution in [1.82, 2.24) is 5.43 Å². The Hall–Kier alpha value is -4.20. The molecule has 0 bridgehead atoms. The van der Waals surface area contributed by atoms with Crippen molar-refractivity contribution in [2.75, 3.05) is 0 Å². The maximum Gasteiger partial charge on any atom is 0.346 e. The Bertz CT molecular complexity index is 1080. The quantitative estimate of drug-likeness (QED) is 0.267. The molecule has 0 aliphatic heterocycles. The molecule has 8 heteroatoms. The number of hydrazone groups is 1. The van der Waals surface area contributed by atoms with Gasteiger partial charge in [0.05, 0.1) is 17.3 Å². The fourth-order valence-electron chi connectivity index (χ4n) is 2.35. The van der Waals surface area contributed by atoms with E-state index in [4.69, 9.17) is 4.74 Å². The summed E-state index contributed by atoms with van der Waals surface area (Å²) in [4.78, 5) is 23.9. The predicted molar refractivity (Wildman–Crippen MR) is 103 cm³/mol. The number of aromatic hydroxyl groups is 2. The summed E-state index contributed by atoms with van der Waals surface area (Å²) in [5, 5.41) is 22.6. The molecular formula is C21H15FN2O5. The van der Waals surface area contributed by atoms with E-state index in [1.807, 2.05) is 0 Å². The van der Waals surface area contributed by atoms with Gasteiger partial charge in [0.15, 0.2) is 0 Å². The molecule has 0 aromatic heterocycles. The zero-order valence-corrected chi connectivity index (χ0v) is 14.9. The number of rotatable bonds is 5. The van der Waals surface area contributed by atoms with E-state index in [9.17, 15) is 24.2 Å². The molecule has 0 aliphatic carbocycles. The largest absolute Gasteiger partial charge is 0.508 e. The molecule has 29 heavy (non-hydrogen) atoms. The van der Waals surface area contributed by atoms with Gasteiger partial charge in [-0.2, -0.15) is 5.10 Å². The molecule has 0 unspecified atom stereocenters. The van der Waals surface area contributed by atoms with Gasteiger partial charge in [0.2, 0.25) is 0 Å². The van der Waals surface area contributed by atoms with E-state index >= 15 is 0 Å². The van der Waals surface area contributed by atoms with Gasteiger partial charge in [0, 0.05) is 6.07 Å². The number of carbonyl (C=O) groups excluding carboxylic acids is 2. The first-order valence-electron chi connectivity index (χ1n) is 8.36. The number of esters is 1. The highest BCUT2D eigenvalue weighted by molar-refractivity contribution is 5.97. The summed E-state index contributed by atoms with van der Waals surface area (Å²) in [5.41, 5.74) is 2.62. The number of phenolic OH excluding ortho intramolecular Hbond substituents is 2. The van der Waals surface area contributed by atoms with Crippen LogP contribution in [0.1, 0.15) is 26.3 Å². The van der Waals surface area contributed by atoms with Gasteiger partial charge in [-0.1, -0.05) is 12.1 Å². The van der Waals surface area contributed by atoms with Crippen molar-refractivity contribution >= 4 is 18.1 Å². The second-order valence-corrected chi connectivity index (χ2v) is 5.84. The molecule has 0 spiro atoms. The lowest BCUT2D eigenvalue weighted by molar-refractivity contribution is 0.0729. The molecule has 3 rings (SSSR count). The van der Waals surface area contributed by atoms with Crippen molar-refractivity contribution in [3.8, 4) is 17.2 Å². The molecule has 0 atom stereocenters. The summed E-state index contributed by atoms with van der Waals surface area (Å²) in [5.74, 6) is -2.47. The number of nitrogens with zero attached hydrogens (tertiary/aromatic N) is 1. The molecular weight excluding hydrogens is 379 g/mol. The lowest BCUT2D eigenvalue weighted by Gasteiger charge is -2.05. The first-order chi connectivity index (χ1) is 13.9. The Morgan fingerprint density at radius 2 is 1.69 bits per heavy atom. The Labute approximate surface area is 164 Å². The maximum absolute atomic E-state index is 13.6. The summed E-state index contributed by atoms with van der Waals surface area (Å²) < 4.78 is 18.7. The molecule has 3 aromatic rings. The smallest absolute Gasteiger partial charge is 0.346 e. The lowest BCUT2D eigenvalue weighted by Crippen LogP contribution is -2.17. The van der Waals surface area contributed by atoms with Crippen LogP contribution in [0.4, 0.5) is 4.39 Å². The number of halogens is 1. The van der Waals surface area contributed by atoms with Crippen LogP contribution in [0.2, 0.25) is 0 Å². The van der Waals surface area contributed by atoms with Gasteiger partial charge >= 0.3 is 5.97 Å². The van der Waals surface area contributed by atoms with Crippen LogP contribution in [-0.2, 0) is 0 Å². The Kier molecular flexibility index (Phi) is 5.84. The van der Waals surface area contributed by atoms with Crippen LogP contribution >= 0.6 is 0 Å². The summed E-state index contributed by atoms with van der Waals surface area (Å²) in [6.07, 6.45) is 1.35. The average molecular weight is 394 g/mol. The molecule has 0 saturated heterocycles. The highest BCUT2D eigenvalue weighted by Gasteiger charge is 2.13. The number of benzene rings is 3. The zero-order chi connectivity index (χ0) is 20.8. The predicted octanol–water partition coefficient (Wildman–Crippen LogP) is 3.22. The molecule has 146 valence electrons. The second-order valence-electron chi connectivity index (χ2n) is 5.84. The van der Waals surface area contributed by atoms with Gasteiger partial charge in [-0.15, -0.1) is 0 Å². The maximum atomic E-state index is 13.6. The van der Waals surface area contributed by atoms with E-state index in [-0.39, 0.29) is 28.4 Å². The van der Waals surface area contributed by atoms with Gasteiger partial charge in [-0.05, 0) is 54.1 Å². The zero-order valence-electron chi connectivity index (χ0n) is 14.9. The Morgan fingerprint density at radius 3 is 2.38 bits per heavy atom. The average Bonchev–Trinajstić information content (AvgIpc) is 2.69. The van der Waals surface area contributed by atoms with Gasteiger partial charge in [-0.3, -0.25) is 4.79 Å². The fraction of sp³-hybridized carbons (Fsp3) is 0. The first-order valence-corrected chi connectivity index (χ1v) is 8.36. The van der Waals surface area contributed by atoms with Crippen molar-refractivity contribution in [3.63, 3.8) is 0 Å². The van der Waals surface area contributed by atoms with E-state index in [2.05, 4.69) is 10.5 Å². The van der Waals surface area contributed by atoms with E-state index < -0.39 is 17.7 Å². The van der Waals surface area contributed by atoms with E-state index in [0.717, 1.165) is 6.07 Å². The summed E-state index contributed by atoms with van der Waals surface area (Å²) in [6, 6.07) is 15.2. The number of hydrogen-bond acceptors (Lipinski definition) is 6. The van der Waals surface area contributed by atoms with Crippen molar-refractivity contribution < 1.29 is 28.9 Å². The number of carbonyl (C=O) groups is 2. The standard InChI is InChI=1S/C21H15FN2O5/c22-18-4-2-1-3-16(18)21(28)29-15-8-5-13(6-9-15)12-23-24-20(27)17-10-7-14(25)11-19(17)26/h1-12,25-26H,(H,24,27). The van der Waals surface area contributed by atoms with Crippen LogP contribution in [0.5, 0.6) is 17.2 Å². The molecule has 0 heterocycles. The summed E-state index contributed by atoms with van der Waals surface area (Å²) in [6.45, 7) is 0. The number of hydrogen-bond donors (Lipinski definition) is 3. The van der Waals surface area contributed by atoms with Crippen LogP contribution in [0.25, 0.3) is 0 Å². The molecule has 3 N–H and O–H groups in total. The third kappa shape index (κ3) is 4.95. The van der Waals surface area contributed by atoms with E-state index in [0.29, 0.717) is 5.56 Å².